The number of carbonyl (C=O) groups is 1. The fourth-order valence-corrected chi connectivity index (χ4v) is 3.56. The lowest BCUT2D eigenvalue weighted by Crippen LogP contribution is -2.47. The Morgan fingerprint density at radius 3 is 2.48 bits per heavy atom. The molecule has 1 fully saturated rings. The van der Waals surface area contributed by atoms with Crippen molar-refractivity contribution in [2.24, 2.45) is 0 Å². The van der Waals surface area contributed by atoms with Crippen molar-refractivity contribution in [3.05, 3.63) is 53.2 Å². The SMILES string of the molecule is C[C@@H]1CCC[C@H](C)N1C(=O)c1cccc(-c2ccccc2Cl)n1. The van der Waals surface area contributed by atoms with Crippen LogP contribution in [0.4, 0.5) is 0 Å². The van der Waals surface area contributed by atoms with Crippen molar-refractivity contribution < 1.29 is 4.79 Å². The second-order valence-corrected chi connectivity index (χ2v) is 6.64. The lowest BCUT2D eigenvalue weighted by atomic mass is 9.97. The molecule has 1 aliphatic heterocycles. The van der Waals surface area contributed by atoms with Crippen LogP contribution in [0.1, 0.15) is 43.6 Å². The molecule has 1 aliphatic rings. The number of halogens is 1. The Hall–Kier alpha value is -1.87. The summed E-state index contributed by atoms with van der Waals surface area (Å²) < 4.78 is 0. The number of amides is 1. The number of likely N-dealkylation sites (tertiary alicyclic amines) is 1. The van der Waals surface area contributed by atoms with Crippen LogP contribution in [-0.4, -0.2) is 27.9 Å². The highest BCUT2D eigenvalue weighted by molar-refractivity contribution is 6.33. The van der Waals surface area contributed by atoms with E-state index in [-0.39, 0.29) is 18.0 Å². The molecule has 1 saturated heterocycles. The van der Waals surface area contributed by atoms with Crippen LogP contribution in [0.5, 0.6) is 0 Å². The maximum Gasteiger partial charge on any atom is 0.272 e. The Morgan fingerprint density at radius 2 is 1.78 bits per heavy atom. The largest absolute Gasteiger partial charge is 0.332 e. The molecule has 2 heterocycles. The third-order valence-corrected chi connectivity index (χ3v) is 4.88. The minimum atomic E-state index is 0.0126. The molecule has 120 valence electrons. The molecule has 23 heavy (non-hydrogen) atoms. The number of benzene rings is 1. The first-order chi connectivity index (χ1) is 11.1. The van der Waals surface area contributed by atoms with Gasteiger partial charge in [-0.3, -0.25) is 4.79 Å². The fourth-order valence-electron chi connectivity index (χ4n) is 3.33. The van der Waals surface area contributed by atoms with Crippen LogP contribution in [0.2, 0.25) is 5.02 Å². The highest BCUT2D eigenvalue weighted by Gasteiger charge is 2.30. The van der Waals surface area contributed by atoms with Gasteiger partial charge in [-0.15, -0.1) is 0 Å². The Kier molecular flexibility index (Phi) is 4.67. The second-order valence-electron chi connectivity index (χ2n) is 6.23. The molecule has 0 aliphatic carbocycles. The van der Waals surface area contributed by atoms with E-state index in [0.29, 0.717) is 10.7 Å². The van der Waals surface area contributed by atoms with E-state index in [9.17, 15) is 4.79 Å². The molecule has 0 radical (unpaired) electrons. The Balaban J connectivity index is 1.93. The van der Waals surface area contributed by atoms with Gasteiger partial charge in [0.15, 0.2) is 0 Å². The van der Waals surface area contributed by atoms with E-state index in [1.807, 2.05) is 41.3 Å². The van der Waals surface area contributed by atoms with Crippen LogP contribution < -0.4 is 0 Å². The number of rotatable bonds is 2. The van der Waals surface area contributed by atoms with Gasteiger partial charge in [0.25, 0.3) is 5.91 Å². The highest BCUT2D eigenvalue weighted by atomic mass is 35.5. The third-order valence-electron chi connectivity index (χ3n) is 4.55. The van der Waals surface area contributed by atoms with Gasteiger partial charge < -0.3 is 4.90 Å². The Bertz CT molecular complexity index is 706. The molecule has 0 bridgehead atoms. The summed E-state index contributed by atoms with van der Waals surface area (Å²) in [4.78, 5) is 19.5. The highest BCUT2D eigenvalue weighted by Crippen LogP contribution is 2.28. The lowest BCUT2D eigenvalue weighted by Gasteiger charge is -2.38. The van der Waals surface area contributed by atoms with Gasteiger partial charge in [-0.25, -0.2) is 4.98 Å². The van der Waals surface area contributed by atoms with Gasteiger partial charge in [0.2, 0.25) is 0 Å². The van der Waals surface area contributed by atoms with Crippen LogP contribution in [0.15, 0.2) is 42.5 Å². The van der Waals surface area contributed by atoms with E-state index < -0.39 is 0 Å². The molecule has 4 heteroatoms. The maximum atomic E-state index is 12.9. The van der Waals surface area contributed by atoms with Crippen LogP contribution in [0.3, 0.4) is 0 Å². The maximum absolute atomic E-state index is 12.9. The van der Waals surface area contributed by atoms with Gasteiger partial charge in [0, 0.05) is 22.7 Å². The molecular formula is C19H21ClN2O. The molecule has 0 N–H and O–H groups in total. The van der Waals surface area contributed by atoms with Gasteiger partial charge in [-0.1, -0.05) is 35.9 Å². The van der Waals surface area contributed by atoms with Gasteiger partial charge in [0.05, 0.1) is 5.69 Å². The molecule has 3 nitrogen and oxygen atoms in total. The summed E-state index contributed by atoms with van der Waals surface area (Å²) >= 11 is 6.25. The zero-order valence-corrected chi connectivity index (χ0v) is 14.3. The number of piperidine rings is 1. The number of nitrogens with zero attached hydrogens (tertiary/aromatic N) is 2. The summed E-state index contributed by atoms with van der Waals surface area (Å²) in [6.07, 6.45) is 3.29. The molecule has 2 aromatic rings. The molecule has 0 saturated carbocycles. The molecule has 0 unspecified atom stereocenters. The summed E-state index contributed by atoms with van der Waals surface area (Å²) in [6, 6.07) is 13.6. The van der Waals surface area contributed by atoms with Crippen molar-refractivity contribution in [1.82, 2.24) is 9.88 Å². The van der Waals surface area contributed by atoms with E-state index >= 15 is 0 Å². The van der Waals surface area contributed by atoms with E-state index in [4.69, 9.17) is 11.6 Å². The first-order valence-electron chi connectivity index (χ1n) is 8.12. The van der Waals surface area contributed by atoms with E-state index in [0.717, 1.165) is 24.1 Å². The quantitative estimate of drug-likeness (QED) is 0.793. The normalized spacial score (nSPS) is 21.3. The summed E-state index contributed by atoms with van der Waals surface area (Å²) in [5, 5.41) is 0.643. The van der Waals surface area contributed by atoms with Crippen LogP contribution in [0, 0.1) is 0 Å². The number of pyridine rings is 1. The zero-order valence-electron chi connectivity index (χ0n) is 13.5. The van der Waals surface area contributed by atoms with Gasteiger partial charge in [-0.2, -0.15) is 0 Å². The van der Waals surface area contributed by atoms with Crippen LogP contribution >= 0.6 is 11.6 Å². The first-order valence-corrected chi connectivity index (χ1v) is 8.50. The van der Waals surface area contributed by atoms with Gasteiger partial charge >= 0.3 is 0 Å². The molecule has 3 rings (SSSR count). The molecule has 2 atom stereocenters. The average Bonchev–Trinajstić information content (AvgIpc) is 2.55. The number of carbonyl (C=O) groups excluding carboxylic acids is 1. The Morgan fingerprint density at radius 1 is 1.09 bits per heavy atom. The monoisotopic (exact) mass is 328 g/mol. The Labute approximate surface area is 142 Å². The molecule has 1 aromatic carbocycles. The predicted molar refractivity (Wildman–Crippen MR) is 93.6 cm³/mol. The lowest BCUT2D eigenvalue weighted by molar-refractivity contribution is 0.0505. The van der Waals surface area contributed by atoms with E-state index in [1.54, 1.807) is 6.07 Å². The number of hydrogen-bond acceptors (Lipinski definition) is 2. The van der Waals surface area contributed by atoms with Crippen molar-refractivity contribution in [2.75, 3.05) is 0 Å². The fraction of sp³-hybridized carbons (Fsp3) is 0.368. The second kappa shape index (κ2) is 6.71. The van der Waals surface area contributed by atoms with Crippen molar-refractivity contribution in [1.29, 1.82) is 0 Å². The third kappa shape index (κ3) is 3.25. The summed E-state index contributed by atoms with van der Waals surface area (Å²) in [5.74, 6) is 0.0126. The zero-order chi connectivity index (χ0) is 16.4. The molecular weight excluding hydrogens is 308 g/mol. The minimum absolute atomic E-state index is 0.0126. The van der Waals surface area contributed by atoms with Crippen molar-refractivity contribution >= 4 is 17.5 Å². The summed E-state index contributed by atoms with van der Waals surface area (Å²) in [7, 11) is 0. The topological polar surface area (TPSA) is 33.2 Å². The summed E-state index contributed by atoms with van der Waals surface area (Å²) in [5.41, 5.74) is 2.07. The molecule has 0 spiro atoms. The smallest absolute Gasteiger partial charge is 0.272 e. The van der Waals surface area contributed by atoms with Crippen molar-refractivity contribution in [3.8, 4) is 11.3 Å². The molecule has 1 aromatic heterocycles. The standard InChI is InChI=1S/C19H21ClN2O/c1-13-7-5-8-14(2)22(13)19(23)18-12-6-11-17(21-18)15-9-3-4-10-16(15)20/h3-4,6,9-14H,5,7-8H2,1-2H3/t13-,14+. The minimum Gasteiger partial charge on any atom is -0.332 e. The molecule has 1 amide bonds. The van der Waals surface area contributed by atoms with Crippen molar-refractivity contribution in [2.45, 2.75) is 45.2 Å². The van der Waals surface area contributed by atoms with E-state index in [1.165, 1.54) is 6.42 Å². The van der Waals surface area contributed by atoms with Gasteiger partial charge in [0.1, 0.15) is 5.69 Å². The average molecular weight is 329 g/mol. The summed E-state index contributed by atoms with van der Waals surface area (Å²) in [6.45, 7) is 4.23. The number of hydrogen-bond donors (Lipinski definition) is 0. The van der Waals surface area contributed by atoms with Crippen LogP contribution in [-0.2, 0) is 0 Å². The van der Waals surface area contributed by atoms with Gasteiger partial charge in [-0.05, 0) is 51.3 Å². The first kappa shape index (κ1) is 16.0. The van der Waals surface area contributed by atoms with E-state index in [2.05, 4.69) is 18.8 Å². The van der Waals surface area contributed by atoms with Crippen molar-refractivity contribution in [3.63, 3.8) is 0 Å². The number of aromatic nitrogens is 1. The van der Waals surface area contributed by atoms with Crippen LogP contribution in [0.25, 0.3) is 11.3 Å². The predicted octanol–water partition coefficient (Wildman–Crippen LogP) is 4.81.